The van der Waals surface area contributed by atoms with Gasteiger partial charge in [0.05, 0.1) is 18.4 Å². The first-order chi connectivity index (χ1) is 6.60. The number of methoxy groups -OCH3 is 1. The molecule has 0 fully saturated rings. The second-order valence-electron chi connectivity index (χ2n) is 2.62. The van der Waals surface area contributed by atoms with Gasteiger partial charge in [0.2, 0.25) is 0 Å². The number of aryl methyl sites for hydroxylation is 1. The third kappa shape index (κ3) is 1.79. The molecule has 0 atom stereocenters. The Morgan fingerprint density at radius 3 is 2.64 bits per heavy atom. The zero-order valence-corrected chi connectivity index (χ0v) is 7.71. The number of rotatable bonds is 2. The summed E-state index contributed by atoms with van der Waals surface area (Å²) in [6.07, 6.45) is -2.65. The minimum Gasteiger partial charge on any atom is -0.496 e. The summed E-state index contributed by atoms with van der Waals surface area (Å²) in [6, 6.07) is 2.98. The van der Waals surface area contributed by atoms with Gasteiger partial charge >= 0.3 is 0 Å². The van der Waals surface area contributed by atoms with Gasteiger partial charge in [0.15, 0.2) is 0 Å². The van der Waals surface area contributed by atoms with Crippen molar-refractivity contribution in [1.82, 2.24) is 4.98 Å². The zero-order valence-electron chi connectivity index (χ0n) is 7.71. The smallest absolute Gasteiger partial charge is 0.269 e. The monoisotopic (exact) mass is 198 g/mol. The topological polar surface area (TPSA) is 45.9 Å². The minimum absolute atomic E-state index is 0.00375. The van der Waals surface area contributed by atoms with E-state index in [0.29, 0.717) is 0 Å². The van der Waals surface area contributed by atoms with Crippen molar-refractivity contribution in [1.29, 1.82) is 5.26 Å². The van der Waals surface area contributed by atoms with Crippen molar-refractivity contribution in [2.45, 2.75) is 13.3 Å². The molecule has 1 rings (SSSR count). The summed E-state index contributed by atoms with van der Waals surface area (Å²) in [5.74, 6) is 0.00375. The molecule has 0 aliphatic carbocycles. The first-order valence-electron chi connectivity index (χ1n) is 3.84. The summed E-state index contributed by atoms with van der Waals surface area (Å²) in [4.78, 5) is 3.70. The van der Waals surface area contributed by atoms with E-state index < -0.39 is 6.43 Å². The maximum atomic E-state index is 12.5. The van der Waals surface area contributed by atoms with Crippen LogP contribution >= 0.6 is 0 Å². The molecule has 0 spiro atoms. The molecule has 0 unspecified atom stereocenters. The van der Waals surface area contributed by atoms with Crippen LogP contribution in [0.4, 0.5) is 8.78 Å². The first kappa shape index (κ1) is 10.4. The molecule has 1 aromatic heterocycles. The number of aromatic nitrogens is 1. The highest BCUT2D eigenvalue weighted by atomic mass is 19.3. The molecule has 0 saturated heterocycles. The van der Waals surface area contributed by atoms with E-state index in [1.807, 2.05) is 0 Å². The van der Waals surface area contributed by atoms with Gasteiger partial charge in [-0.05, 0) is 6.92 Å². The number of nitrogens with zero attached hydrogens (tertiary/aromatic N) is 2. The maximum Gasteiger partial charge on any atom is 0.269 e. The molecular weight excluding hydrogens is 190 g/mol. The van der Waals surface area contributed by atoms with Crippen molar-refractivity contribution >= 4 is 0 Å². The van der Waals surface area contributed by atoms with Crippen LogP contribution < -0.4 is 4.74 Å². The van der Waals surface area contributed by atoms with Crippen molar-refractivity contribution in [3.05, 3.63) is 23.0 Å². The lowest BCUT2D eigenvalue weighted by Crippen LogP contribution is -2.00. The van der Waals surface area contributed by atoms with Crippen molar-refractivity contribution in [3.63, 3.8) is 0 Å². The Morgan fingerprint density at radius 2 is 2.21 bits per heavy atom. The van der Waals surface area contributed by atoms with Crippen molar-refractivity contribution in [2.75, 3.05) is 7.11 Å². The SMILES string of the molecule is COc1cc(C#N)nc(C)c1C(F)F. The Kier molecular flexibility index (Phi) is 2.97. The number of ether oxygens (including phenoxy) is 1. The van der Waals surface area contributed by atoms with E-state index in [4.69, 9.17) is 10.00 Å². The van der Waals surface area contributed by atoms with Gasteiger partial charge in [0.1, 0.15) is 17.5 Å². The quantitative estimate of drug-likeness (QED) is 0.731. The Hall–Kier alpha value is -1.70. The van der Waals surface area contributed by atoms with E-state index in [0.717, 1.165) is 0 Å². The van der Waals surface area contributed by atoms with Crippen LogP contribution in [0, 0.1) is 18.3 Å². The number of nitriles is 1. The number of halogens is 2. The van der Waals surface area contributed by atoms with E-state index >= 15 is 0 Å². The third-order valence-corrected chi connectivity index (χ3v) is 1.76. The average molecular weight is 198 g/mol. The highest BCUT2D eigenvalue weighted by Gasteiger charge is 2.18. The van der Waals surface area contributed by atoms with Gasteiger partial charge in [0.25, 0.3) is 6.43 Å². The molecule has 0 amide bonds. The molecule has 3 nitrogen and oxygen atoms in total. The van der Waals surface area contributed by atoms with Crippen molar-refractivity contribution < 1.29 is 13.5 Å². The van der Waals surface area contributed by atoms with E-state index in [1.165, 1.54) is 20.1 Å². The maximum absolute atomic E-state index is 12.5. The van der Waals surface area contributed by atoms with E-state index in [1.54, 1.807) is 6.07 Å². The van der Waals surface area contributed by atoms with Crippen LogP contribution in [0.25, 0.3) is 0 Å². The molecule has 1 aromatic rings. The highest BCUT2D eigenvalue weighted by molar-refractivity contribution is 5.42. The molecule has 1 heterocycles. The summed E-state index contributed by atoms with van der Waals surface area (Å²) < 4.78 is 29.8. The summed E-state index contributed by atoms with van der Waals surface area (Å²) in [6.45, 7) is 1.42. The molecule has 0 bridgehead atoms. The summed E-state index contributed by atoms with van der Waals surface area (Å²) in [7, 11) is 1.28. The molecule has 0 N–H and O–H groups in total. The Morgan fingerprint density at radius 1 is 1.57 bits per heavy atom. The van der Waals surface area contributed by atoms with Crippen LogP contribution in [0.2, 0.25) is 0 Å². The van der Waals surface area contributed by atoms with Gasteiger partial charge in [-0.2, -0.15) is 5.26 Å². The van der Waals surface area contributed by atoms with E-state index in [9.17, 15) is 8.78 Å². The van der Waals surface area contributed by atoms with Crippen LogP contribution in [0.15, 0.2) is 6.07 Å². The fraction of sp³-hybridized carbons (Fsp3) is 0.333. The van der Waals surface area contributed by atoms with Gasteiger partial charge in [-0.25, -0.2) is 13.8 Å². The fourth-order valence-corrected chi connectivity index (χ4v) is 1.14. The highest BCUT2D eigenvalue weighted by Crippen LogP contribution is 2.31. The van der Waals surface area contributed by atoms with Crippen LogP contribution in [-0.2, 0) is 0 Å². The average Bonchev–Trinajstić information content (AvgIpc) is 2.15. The lowest BCUT2D eigenvalue weighted by atomic mass is 10.1. The molecule has 0 aliphatic heterocycles. The standard InChI is InChI=1S/C9H8F2N2O/c1-5-8(9(10)11)7(14-2)3-6(4-12)13-5/h3,9H,1-2H3. The van der Waals surface area contributed by atoms with Gasteiger partial charge in [-0.15, -0.1) is 0 Å². The number of alkyl halides is 2. The predicted molar refractivity (Wildman–Crippen MR) is 45.2 cm³/mol. The largest absolute Gasteiger partial charge is 0.496 e. The van der Waals surface area contributed by atoms with Gasteiger partial charge in [-0.3, -0.25) is 0 Å². The van der Waals surface area contributed by atoms with Crippen LogP contribution in [0.5, 0.6) is 5.75 Å². The lowest BCUT2D eigenvalue weighted by Gasteiger charge is -2.09. The van der Waals surface area contributed by atoms with Gasteiger partial charge in [-0.1, -0.05) is 0 Å². The molecule has 5 heteroatoms. The Labute approximate surface area is 79.9 Å². The predicted octanol–water partition coefficient (Wildman–Crippen LogP) is 2.21. The second kappa shape index (κ2) is 4.01. The molecular formula is C9H8F2N2O. The summed E-state index contributed by atoms with van der Waals surface area (Å²) >= 11 is 0. The summed E-state index contributed by atoms with van der Waals surface area (Å²) in [5.41, 5.74) is -0.0637. The number of pyridine rings is 1. The number of hydrogen-bond acceptors (Lipinski definition) is 3. The molecule has 0 aliphatic rings. The number of hydrogen-bond donors (Lipinski definition) is 0. The third-order valence-electron chi connectivity index (χ3n) is 1.76. The molecule has 14 heavy (non-hydrogen) atoms. The van der Waals surface area contributed by atoms with Gasteiger partial charge in [0, 0.05) is 6.07 Å². The van der Waals surface area contributed by atoms with Crippen molar-refractivity contribution in [3.8, 4) is 11.8 Å². The van der Waals surface area contributed by atoms with Gasteiger partial charge < -0.3 is 4.74 Å². The van der Waals surface area contributed by atoms with E-state index in [2.05, 4.69) is 4.98 Å². The first-order valence-corrected chi connectivity index (χ1v) is 3.84. The lowest BCUT2D eigenvalue weighted by molar-refractivity contribution is 0.145. The van der Waals surface area contributed by atoms with Crippen molar-refractivity contribution in [2.24, 2.45) is 0 Å². The minimum atomic E-state index is -2.65. The Balaban J connectivity index is 3.36. The molecule has 0 aromatic carbocycles. The zero-order chi connectivity index (χ0) is 10.7. The van der Waals surface area contributed by atoms with E-state index in [-0.39, 0.29) is 22.7 Å². The van der Waals surface area contributed by atoms with Crippen LogP contribution in [-0.4, -0.2) is 12.1 Å². The molecule has 0 radical (unpaired) electrons. The molecule has 74 valence electrons. The Bertz CT molecular complexity index is 385. The molecule has 0 saturated carbocycles. The summed E-state index contributed by atoms with van der Waals surface area (Å²) in [5, 5.41) is 8.56. The van der Waals surface area contributed by atoms with Crippen LogP contribution in [0.3, 0.4) is 0 Å². The normalized spacial score (nSPS) is 10.0. The fourth-order valence-electron chi connectivity index (χ4n) is 1.14. The second-order valence-corrected chi connectivity index (χ2v) is 2.62. The van der Waals surface area contributed by atoms with Crippen LogP contribution in [0.1, 0.15) is 23.4 Å².